The number of carbonyl (C=O) groups is 3. The van der Waals surface area contributed by atoms with Crippen LogP contribution in [-0.2, 0) is 16.0 Å². The molecule has 0 aliphatic carbocycles. The molecule has 2 N–H and O–H groups in total. The number of aromatic nitrogens is 2. The fourth-order valence-electron chi connectivity index (χ4n) is 2.68. The van der Waals surface area contributed by atoms with Crippen LogP contribution in [0.1, 0.15) is 30.7 Å². The van der Waals surface area contributed by atoms with E-state index in [0.29, 0.717) is 24.7 Å². The van der Waals surface area contributed by atoms with Gasteiger partial charge in [-0.05, 0) is 19.8 Å². The van der Waals surface area contributed by atoms with Crippen LogP contribution in [0.15, 0.2) is 33.8 Å². The summed E-state index contributed by atoms with van der Waals surface area (Å²) in [5.41, 5.74) is 2.10. The first-order valence-corrected chi connectivity index (χ1v) is 9.08. The molecular formula is C19H21N5O4. The molecule has 9 nitrogen and oxygen atoms in total. The molecule has 2 aromatic rings. The van der Waals surface area contributed by atoms with Gasteiger partial charge in [0, 0.05) is 24.7 Å². The zero-order valence-electron chi connectivity index (χ0n) is 15.5. The first-order valence-electron chi connectivity index (χ1n) is 9.08. The second-order valence-electron chi connectivity index (χ2n) is 6.53. The highest BCUT2D eigenvalue weighted by molar-refractivity contribution is 6.23. The summed E-state index contributed by atoms with van der Waals surface area (Å²) in [6.07, 6.45) is 4.51. The molecule has 0 atom stereocenters. The minimum absolute atomic E-state index is 0.490. The Kier molecular flexibility index (Phi) is 6.25. The van der Waals surface area contributed by atoms with Crippen molar-refractivity contribution in [1.82, 2.24) is 20.8 Å². The van der Waals surface area contributed by atoms with Crippen molar-refractivity contribution in [2.45, 2.75) is 32.6 Å². The number of hydrogen-bond donors (Lipinski definition) is 2. The maximum atomic E-state index is 11.6. The number of aliphatic imine (C=N–C) groups is 1. The van der Waals surface area contributed by atoms with Crippen LogP contribution in [0.2, 0.25) is 0 Å². The number of imide groups is 2. The van der Waals surface area contributed by atoms with E-state index in [0.717, 1.165) is 24.8 Å². The fourth-order valence-corrected chi connectivity index (χ4v) is 2.68. The summed E-state index contributed by atoms with van der Waals surface area (Å²) in [5.74, 6) is -1.19. The van der Waals surface area contributed by atoms with Crippen molar-refractivity contribution < 1.29 is 18.9 Å². The molecule has 2 heterocycles. The molecule has 4 amide bonds. The number of barbiturate groups is 1. The Bertz CT molecular complexity index is 868. The number of hydrogen-bond acceptors (Lipinski definition) is 7. The lowest BCUT2D eigenvalue weighted by Crippen LogP contribution is -2.56. The minimum Gasteiger partial charge on any atom is -0.339 e. The lowest BCUT2D eigenvalue weighted by molar-refractivity contribution is -0.132. The van der Waals surface area contributed by atoms with E-state index in [1.807, 2.05) is 41.8 Å². The molecule has 1 aliphatic rings. The van der Waals surface area contributed by atoms with Gasteiger partial charge < -0.3 is 4.52 Å². The van der Waals surface area contributed by atoms with E-state index in [1.165, 1.54) is 11.8 Å². The molecular weight excluding hydrogens is 362 g/mol. The summed E-state index contributed by atoms with van der Waals surface area (Å²) in [7, 11) is 0. The summed E-state index contributed by atoms with van der Waals surface area (Å²) in [6.45, 7) is 2.51. The number of nitrogens with zero attached hydrogens (tertiary/aromatic N) is 3. The Morgan fingerprint density at radius 2 is 1.79 bits per heavy atom. The number of nitrogens with one attached hydrogen (secondary N) is 2. The van der Waals surface area contributed by atoms with Gasteiger partial charge in [0.05, 0.1) is 0 Å². The van der Waals surface area contributed by atoms with Gasteiger partial charge in [0.25, 0.3) is 0 Å². The third-order valence-corrected chi connectivity index (χ3v) is 4.25. The SMILES string of the molecule is Cc1ccc(-c2noc(CCCCCN=CC3C(=O)NC(=O)NC3=O)n2)cc1. The standard InChI is InChI=1S/C19H21N5O4/c1-12-6-8-13(9-7-12)16-21-15(28-24-16)5-3-2-4-10-20-11-14-17(25)22-19(27)23-18(14)26/h6-9,11,14H,2-5,10H2,1H3,(H2,22,23,25,26,27). The predicted octanol–water partition coefficient (Wildman–Crippen LogP) is 1.81. The molecule has 1 fully saturated rings. The first kappa shape index (κ1) is 19.4. The fraction of sp³-hybridized carbons (Fsp3) is 0.368. The zero-order chi connectivity index (χ0) is 19.9. The second kappa shape index (κ2) is 9.03. The van der Waals surface area contributed by atoms with E-state index in [1.54, 1.807) is 0 Å². The van der Waals surface area contributed by atoms with Crippen molar-refractivity contribution in [2.24, 2.45) is 10.9 Å². The number of carbonyl (C=O) groups excluding carboxylic acids is 3. The zero-order valence-corrected chi connectivity index (χ0v) is 15.5. The molecule has 0 spiro atoms. The number of benzene rings is 1. The highest BCUT2D eigenvalue weighted by atomic mass is 16.5. The summed E-state index contributed by atoms with van der Waals surface area (Å²) >= 11 is 0. The molecule has 146 valence electrons. The molecule has 0 unspecified atom stereocenters. The Morgan fingerprint density at radius 1 is 1.07 bits per heavy atom. The van der Waals surface area contributed by atoms with Crippen LogP contribution in [-0.4, -0.2) is 40.7 Å². The van der Waals surface area contributed by atoms with E-state index in [4.69, 9.17) is 4.52 Å². The van der Waals surface area contributed by atoms with Gasteiger partial charge in [0.15, 0.2) is 5.92 Å². The van der Waals surface area contributed by atoms with Gasteiger partial charge in [-0.3, -0.25) is 25.2 Å². The monoisotopic (exact) mass is 383 g/mol. The minimum atomic E-state index is -1.06. The van der Waals surface area contributed by atoms with E-state index in [-0.39, 0.29) is 0 Å². The van der Waals surface area contributed by atoms with Crippen molar-refractivity contribution >= 4 is 24.1 Å². The molecule has 3 rings (SSSR count). The predicted molar refractivity (Wildman–Crippen MR) is 101 cm³/mol. The van der Waals surface area contributed by atoms with Crippen molar-refractivity contribution in [3.05, 3.63) is 35.7 Å². The van der Waals surface area contributed by atoms with Crippen LogP contribution in [0.4, 0.5) is 4.79 Å². The number of rotatable bonds is 8. The number of aryl methyl sites for hydroxylation is 2. The molecule has 1 aromatic heterocycles. The lowest BCUT2D eigenvalue weighted by atomic mass is 10.1. The quantitative estimate of drug-likeness (QED) is 0.407. The number of amides is 4. The van der Waals surface area contributed by atoms with Crippen LogP contribution in [0, 0.1) is 12.8 Å². The van der Waals surface area contributed by atoms with Gasteiger partial charge in [0.2, 0.25) is 23.5 Å². The van der Waals surface area contributed by atoms with E-state index < -0.39 is 23.8 Å². The molecule has 1 saturated heterocycles. The number of urea groups is 1. The van der Waals surface area contributed by atoms with E-state index >= 15 is 0 Å². The van der Waals surface area contributed by atoms with Crippen LogP contribution in [0.5, 0.6) is 0 Å². The van der Waals surface area contributed by atoms with Gasteiger partial charge in [-0.1, -0.05) is 41.4 Å². The highest BCUT2D eigenvalue weighted by Crippen LogP contribution is 2.17. The maximum absolute atomic E-state index is 11.6. The van der Waals surface area contributed by atoms with Gasteiger partial charge in [-0.2, -0.15) is 4.98 Å². The van der Waals surface area contributed by atoms with E-state index in [2.05, 4.69) is 15.1 Å². The second-order valence-corrected chi connectivity index (χ2v) is 6.53. The average molecular weight is 383 g/mol. The summed E-state index contributed by atoms with van der Waals surface area (Å²) in [6, 6.07) is 7.13. The molecule has 0 saturated carbocycles. The first-order chi connectivity index (χ1) is 13.5. The molecule has 0 bridgehead atoms. The summed E-state index contributed by atoms with van der Waals surface area (Å²) < 4.78 is 5.28. The van der Waals surface area contributed by atoms with Gasteiger partial charge in [-0.15, -0.1) is 0 Å². The van der Waals surface area contributed by atoms with Crippen molar-refractivity contribution in [1.29, 1.82) is 0 Å². The van der Waals surface area contributed by atoms with Crippen molar-refractivity contribution in [3.63, 3.8) is 0 Å². The van der Waals surface area contributed by atoms with Crippen molar-refractivity contribution in [2.75, 3.05) is 6.54 Å². The molecule has 1 aromatic carbocycles. The van der Waals surface area contributed by atoms with E-state index in [9.17, 15) is 14.4 Å². The normalized spacial score (nSPS) is 15.1. The summed E-state index contributed by atoms with van der Waals surface area (Å²) in [4.78, 5) is 42.6. The Balaban J connectivity index is 1.36. The Morgan fingerprint density at radius 3 is 2.50 bits per heavy atom. The Labute approximate surface area is 161 Å². The molecule has 1 aliphatic heterocycles. The molecule has 28 heavy (non-hydrogen) atoms. The van der Waals surface area contributed by atoms with Crippen LogP contribution >= 0.6 is 0 Å². The topological polar surface area (TPSA) is 127 Å². The highest BCUT2D eigenvalue weighted by Gasteiger charge is 2.32. The van der Waals surface area contributed by atoms with Crippen LogP contribution < -0.4 is 10.6 Å². The average Bonchev–Trinajstić information content (AvgIpc) is 3.12. The van der Waals surface area contributed by atoms with Crippen LogP contribution in [0.3, 0.4) is 0 Å². The van der Waals surface area contributed by atoms with Gasteiger partial charge in [0.1, 0.15) is 0 Å². The smallest absolute Gasteiger partial charge is 0.328 e. The van der Waals surface area contributed by atoms with Crippen LogP contribution in [0.25, 0.3) is 11.4 Å². The van der Waals surface area contributed by atoms with Gasteiger partial charge >= 0.3 is 6.03 Å². The Hall–Kier alpha value is -3.36. The largest absolute Gasteiger partial charge is 0.339 e. The van der Waals surface area contributed by atoms with Crippen molar-refractivity contribution in [3.8, 4) is 11.4 Å². The third kappa shape index (κ3) is 5.09. The molecule has 9 heteroatoms. The third-order valence-electron chi connectivity index (χ3n) is 4.25. The number of unbranched alkanes of at least 4 members (excludes halogenated alkanes) is 2. The maximum Gasteiger partial charge on any atom is 0.328 e. The summed E-state index contributed by atoms with van der Waals surface area (Å²) in [5, 5.41) is 8.07. The van der Waals surface area contributed by atoms with Gasteiger partial charge in [-0.25, -0.2) is 4.79 Å². The molecule has 0 radical (unpaired) electrons. The lowest BCUT2D eigenvalue weighted by Gasteiger charge is -2.16.